The van der Waals surface area contributed by atoms with E-state index in [-0.39, 0.29) is 19.7 Å². The predicted octanol–water partition coefficient (Wildman–Crippen LogP) is 1.55. The van der Waals surface area contributed by atoms with E-state index in [9.17, 15) is 18.0 Å². The Morgan fingerprint density at radius 1 is 1.25 bits per heavy atom. The van der Waals surface area contributed by atoms with Crippen molar-refractivity contribution >= 4 is 5.91 Å². The molecule has 1 aromatic rings. The maximum absolute atomic E-state index is 12.5. The van der Waals surface area contributed by atoms with E-state index in [1.165, 1.54) is 0 Å². The van der Waals surface area contributed by atoms with Gasteiger partial charge in [0, 0.05) is 13.1 Å². The van der Waals surface area contributed by atoms with Crippen LogP contribution >= 0.6 is 0 Å². The monoisotopic (exact) mass is 290 g/mol. The fourth-order valence-electron chi connectivity index (χ4n) is 1.59. The van der Waals surface area contributed by atoms with E-state index < -0.39 is 25.2 Å². The molecule has 0 spiro atoms. The fourth-order valence-corrected chi connectivity index (χ4v) is 1.59. The third-order valence-corrected chi connectivity index (χ3v) is 2.43. The number of benzene rings is 1. The zero-order valence-corrected chi connectivity index (χ0v) is 10.9. The first-order chi connectivity index (χ1) is 9.42. The van der Waals surface area contributed by atoms with E-state index in [2.05, 4.69) is 0 Å². The minimum atomic E-state index is -4.45. The number of carbonyl (C=O) groups is 1. The van der Waals surface area contributed by atoms with Crippen molar-refractivity contribution in [3.8, 4) is 0 Å². The fraction of sp³-hybridized carbons (Fsp3) is 0.462. The van der Waals surface area contributed by atoms with E-state index in [4.69, 9.17) is 10.5 Å². The highest BCUT2D eigenvalue weighted by Crippen LogP contribution is 2.18. The Balaban J connectivity index is 2.67. The molecule has 0 saturated heterocycles. The maximum atomic E-state index is 12.5. The second-order valence-corrected chi connectivity index (χ2v) is 4.19. The SMILES string of the molecule is NCCOCC(=O)N(Cc1ccccc1)CC(F)(F)F. The van der Waals surface area contributed by atoms with Gasteiger partial charge in [0.1, 0.15) is 13.2 Å². The van der Waals surface area contributed by atoms with Crippen molar-refractivity contribution in [3.05, 3.63) is 35.9 Å². The summed E-state index contributed by atoms with van der Waals surface area (Å²) in [5.74, 6) is -0.709. The molecule has 0 aromatic heterocycles. The average molecular weight is 290 g/mol. The van der Waals surface area contributed by atoms with Gasteiger partial charge in [-0.2, -0.15) is 13.2 Å². The summed E-state index contributed by atoms with van der Waals surface area (Å²) in [4.78, 5) is 12.5. The summed E-state index contributed by atoms with van der Waals surface area (Å²) in [5, 5.41) is 0. The number of carbonyl (C=O) groups excluding carboxylic acids is 1. The number of nitrogens with two attached hydrogens (primary N) is 1. The summed E-state index contributed by atoms with van der Waals surface area (Å²) in [7, 11) is 0. The van der Waals surface area contributed by atoms with Gasteiger partial charge in [-0.25, -0.2) is 0 Å². The van der Waals surface area contributed by atoms with Crippen molar-refractivity contribution in [3.63, 3.8) is 0 Å². The minimum absolute atomic E-state index is 0.106. The summed E-state index contributed by atoms with van der Waals surface area (Å²) in [6.07, 6.45) is -4.45. The van der Waals surface area contributed by atoms with Gasteiger partial charge in [-0.05, 0) is 5.56 Å². The van der Waals surface area contributed by atoms with E-state index in [0.717, 1.165) is 4.90 Å². The lowest BCUT2D eigenvalue weighted by Crippen LogP contribution is -2.40. The molecule has 0 aliphatic carbocycles. The summed E-state index contributed by atoms with van der Waals surface area (Å²) in [6.45, 7) is -1.46. The molecule has 0 bridgehead atoms. The molecule has 1 rings (SSSR count). The molecular formula is C13H17F3N2O2. The number of nitrogens with zero attached hydrogens (tertiary/aromatic N) is 1. The van der Waals surface area contributed by atoms with Crippen LogP contribution in [-0.4, -0.2) is 43.3 Å². The van der Waals surface area contributed by atoms with Crippen molar-refractivity contribution in [2.45, 2.75) is 12.7 Å². The van der Waals surface area contributed by atoms with Crippen molar-refractivity contribution in [2.24, 2.45) is 5.73 Å². The molecule has 0 fully saturated rings. The number of hydrogen-bond acceptors (Lipinski definition) is 3. The molecule has 2 N–H and O–H groups in total. The van der Waals surface area contributed by atoms with Crippen LogP contribution in [0.15, 0.2) is 30.3 Å². The van der Waals surface area contributed by atoms with Gasteiger partial charge >= 0.3 is 6.18 Å². The van der Waals surface area contributed by atoms with Crippen LogP contribution in [0.3, 0.4) is 0 Å². The van der Waals surface area contributed by atoms with Crippen LogP contribution < -0.4 is 5.73 Å². The van der Waals surface area contributed by atoms with Gasteiger partial charge in [-0.15, -0.1) is 0 Å². The van der Waals surface area contributed by atoms with Gasteiger partial charge in [-0.3, -0.25) is 4.79 Å². The molecule has 0 radical (unpaired) electrons. The molecule has 1 aromatic carbocycles. The Kier molecular flexibility index (Phi) is 6.47. The van der Waals surface area contributed by atoms with Gasteiger partial charge in [-0.1, -0.05) is 30.3 Å². The minimum Gasteiger partial charge on any atom is -0.370 e. The van der Waals surface area contributed by atoms with Gasteiger partial charge in [0.25, 0.3) is 0 Å². The lowest BCUT2D eigenvalue weighted by atomic mass is 10.2. The second kappa shape index (κ2) is 7.86. The molecule has 4 nitrogen and oxygen atoms in total. The van der Waals surface area contributed by atoms with Crippen molar-refractivity contribution in [2.75, 3.05) is 26.3 Å². The zero-order chi connectivity index (χ0) is 15.0. The van der Waals surface area contributed by atoms with Crippen LogP contribution in [0.25, 0.3) is 0 Å². The Hall–Kier alpha value is -1.60. The number of hydrogen-bond donors (Lipinski definition) is 1. The highest BCUT2D eigenvalue weighted by Gasteiger charge is 2.32. The molecule has 0 saturated carbocycles. The summed E-state index contributed by atoms with van der Waals surface area (Å²) in [6, 6.07) is 8.49. The molecule has 20 heavy (non-hydrogen) atoms. The number of alkyl halides is 3. The molecule has 0 aliphatic heterocycles. The van der Waals surface area contributed by atoms with Gasteiger partial charge < -0.3 is 15.4 Å². The summed E-state index contributed by atoms with van der Waals surface area (Å²) < 4.78 is 42.4. The van der Waals surface area contributed by atoms with Crippen LogP contribution in [0.4, 0.5) is 13.2 Å². The first-order valence-corrected chi connectivity index (χ1v) is 6.08. The molecule has 0 aliphatic rings. The normalized spacial score (nSPS) is 11.4. The highest BCUT2D eigenvalue weighted by molar-refractivity contribution is 5.77. The van der Waals surface area contributed by atoms with Gasteiger partial charge in [0.05, 0.1) is 6.61 Å². The van der Waals surface area contributed by atoms with Crippen molar-refractivity contribution in [1.29, 1.82) is 0 Å². The van der Waals surface area contributed by atoms with Crippen molar-refractivity contribution < 1.29 is 22.7 Å². The van der Waals surface area contributed by atoms with Gasteiger partial charge in [0.2, 0.25) is 5.91 Å². The first-order valence-electron chi connectivity index (χ1n) is 6.08. The van der Waals surface area contributed by atoms with Gasteiger partial charge in [0.15, 0.2) is 0 Å². The third-order valence-electron chi connectivity index (χ3n) is 2.43. The number of ether oxygens (including phenoxy) is 1. The van der Waals surface area contributed by atoms with Crippen LogP contribution in [0.5, 0.6) is 0 Å². The first kappa shape index (κ1) is 16.5. The Morgan fingerprint density at radius 3 is 2.45 bits per heavy atom. The second-order valence-electron chi connectivity index (χ2n) is 4.19. The topological polar surface area (TPSA) is 55.6 Å². The van der Waals surface area contributed by atoms with Crippen molar-refractivity contribution in [1.82, 2.24) is 4.90 Å². The smallest absolute Gasteiger partial charge is 0.370 e. The molecule has 0 heterocycles. The maximum Gasteiger partial charge on any atom is 0.406 e. The third kappa shape index (κ3) is 6.53. The Bertz CT molecular complexity index is 410. The highest BCUT2D eigenvalue weighted by atomic mass is 19.4. The Morgan fingerprint density at radius 2 is 1.90 bits per heavy atom. The number of amides is 1. The summed E-state index contributed by atoms with van der Waals surface area (Å²) in [5.41, 5.74) is 5.81. The zero-order valence-electron chi connectivity index (χ0n) is 10.9. The number of halogens is 3. The molecule has 7 heteroatoms. The molecule has 0 unspecified atom stereocenters. The van der Waals surface area contributed by atoms with E-state index in [1.54, 1.807) is 30.3 Å². The van der Waals surface area contributed by atoms with E-state index in [0.29, 0.717) is 5.56 Å². The molecule has 0 atom stereocenters. The van der Waals surface area contributed by atoms with Crippen LogP contribution in [0.1, 0.15) is 5.56 Å². The lowest BCUT2D eigenvalue weighted by molar-refractivity contribution is -0.165. The number of rotatable bonds is 7. The van der Waals surface area contributed by atoms with Crippen LogP contribution in [0, 0.1) is 0 Å². The van der Waals surface area contributed by atoms with Crippen LogP contribution in [0.2, 0.25) is 0 Å². The van der Waals surface area contributed by atoms with E-state index in [1.807, 2.05) is 0 Å². The predicted molar refractivity (Wildman–Crippen MR) is 67.8 cm³/mol. The Labute approximate surface area is 115 Å². The average Bonchev–Trinajstić information content (AvgIpc) is 2.38. The molecule has 1 amide bonds. The van der Waals surface area contributed by atoms with Crippen LogP contribution in [-0.2, 0) is 16.1 Å². The lowest BCUT2D eigenvalue weighted by Gasteiger charge is -2.24. The largest absolute Gasteiger partial charge is 0.406 e. The molecule has 112 valence electrons. The quantitative estimate of drug-likeness (QED) is 0.775. The summed E-state index contributed by atoms with van der Waals surface area (Å²) >= 11 is 0. The van der Waals surface area contributed by atoms with E-state index >= 15 is 0 Å². The standard InChI is InChI=1S/C13H17F3N2O2/c14-13(15,16)10-18(12(19)9-20-7-6-17)8-11-4-2-1-3-5-11/h1-5H,6-10,17H2. The molecular weight excluding hydrogens is 273 g/mol.